The van der Waals surface area contributed by atoms with E-state index in [2.05, 4.69) is 0 Å². The molecule has 0 radical (unpaired) electrons. The van der Waals surface area contributed by atoms with E-state index < -0.39 is 0 Å². The van der Waals surface area contributed by atoms with Crippen molar-refractivity contribution in [2.24, 2.45) is 0 Å². The lowest BCUT2D eigenvalue weighted by Gasteiger charge is -1.96. The first kappa shape index (κ1) is 9.38. The van der Waals surface area contributed by atoms with Gasteiger partial charge in [-0.3, -0.25) is 9.59 Å². The zero-order valence-corrected chi connectivity index (χ0v) is 8.66. The van der Waals surface area contributed by atoms with Gasteiger partial charge in [0.15, 0.2) is 5.78 Å². The van der Waals surface area contributed by atoms with E-state index in [1.54, 1.807) is 46.9 Å². The monoisotopic (exact) mass is 274 g/mol. The van der Waals surface area contributed by atoms with E-state index in [4.69, 9.17) is 0 Å². The molecule has 0 saturated carbocycles. The lowest BCUT2D eigenvalue weighted by Crippen LogP contribution is -1.95. The van der Waals surface area contributed by atoms with Crippen LogP contribution in [-0.2, 0) is 0 Å². The molecule has 0 aliphatic heterocycles. The van der Waals surface area contributed by atoms with Crippen molar-refractivity contribution < 1.29 is 9.59 Å². The highest BCUT2D eigenvalue weighted by atomic mass is 127. The van der Waals surface area contributed by atoms with Crippen molar-refractivity contribution in [2.45, 2.75) is 6.92 Å². The van der Waals surface area contributed by atoms with E-state index in [1.807, 2.05) is 0 Å². The van der Waals surface area contributed by atoms with Gasteiger partial charge in [-0.1, -0.05) is 18.2 Å². The van der Waals surface area contributed by atoms with E-state index in [1.165, 1.54) is 6.92 Å². The zero-order valence-electron chi connectivity index (χ0n) is 6.50. The highest BCUT2D eigenvalue weighted by Crippen LogP contribution is 2.09. The van der Waals surface area contributed by atoms with Crippen molar-refractivity contribution in [3.8, 4) is 0 Å². The Morgan fingerprint density at radius 1 is 1.25 bits per heavy atom. The van der Waals surface area contributed by atoms with E-state index in [0.717, 1.165) is 0 Å². The summed E-state index contributed by atoms with van der Waals surface area (Å²) in [6.07, 6.45) is 0. The van der Waals surface area contributed by atoms with Crippen LogP contribution < -0.4 is 0 Å². The minimum absolute atomic E-state index is 0.0190. The van der Waals surface area contributed by atoms with Crippen molar-refractivity contribution in [1.29, 1.82) is 0 Å². The Balaban J connectivity index is 3.12. The number of Topliss-reactive ketones (excluding diaryl/α,β-unsaturated/α-hetero) is 1. The van der Waals surface area contributed by atoms with Gasteiger partial charge in [0.2, 0.25) is 3.79 Å². The molecule has 0 bridgehead atoms. The predicted octanol–water partition coefficient (Wildman–Crippen LogP) is 2.46. The maximum atomic E-state index is 10.9. The van der Waals surface area contributed by atoms with Gasteiger partial charge < -0.3 is 0 Å². The summed E-state index contributed by atoms with van der Waals surface area (Å²) in [5, 5.41) is 0. The maximum absolute atomic E-state index is 10.9. The smallest absolute Gasteiger partial charge is 0.222 e. The van der Waals surface area contributed by atoms with Crippen molar-refractivity contribution in [3.63, 3.8) is 0 Å². The van der Waals surface area contributed by atoms with Gasteiger partial charge in [-0.15, -0.1) is 0 Å². The molecule has 62 valence electrons. The third kappa shape index (κ3) is 2.14. The molecule has 12 heavy (non-hydrogen) atoms. The summed E-state index contributed by atoms with van der Waals surface area (Å²) >= 11 is 1.70. The number of hydrogen-bond acceptors (Lipinski definition) is 2. The lowest BCUT2D eigenvalue weighted by atomic mass is 10.1. The summed E-state index contributed by atoms with van der Waals surface area (Å²) in [6, 6.07) is 6.71. The molecule has 0 unspecified atom stereocenters. The molecular formula is C9H7IO2. The van der Waals surface area contributed by atoms with Crippen LogP contribution in [-0.4, -0.2) is 9.57 Å². The summed E-state index contributed by atoms with van der Waals surface area (Å²) in [5.41, 5.74) is 1.15. The summed E-state index contributed by atoms with van der Waals surface area (Å²) in [6.45, 7) is 1.48. The molecule has 0 aliphatic rings. The van der Waals surface area contributed by atoms with Gasteiger partial charge in [-0.25, -0.2) is 0 Å². The standard InChI is InChI=1S/C9H7IO2/c1-6(11)7-3-2-4-8(5-7)9(10)12/h2-5H,1H3. The van der Waals surface area contributed by atoms with Crippen LogP contribution in [0.15, 0.2) is 24.3 Å². The minimum Gasteiger partial charge on any atom is -0.295 e. The Morgan fingerprint density at radius 2 is 1.83 bits per heavy atom. The van der Waals surface area contributed by atoms with Crippen LogP contribution in [0.5, 0.6) is 0 Å². The third-order valence-corrected chi connectivity index (χ3v) is 2.12. The second kappa shape index (κ2) is 3.80. The summed E-state index contributed by atoms with van der Waals surface area (Å²) < 4.78 is -0.0456. The first-order valence-electron chi connectivity index (χ1n) is 3.42. The highest BCUT2D eigenvalue weighted by molar-refractivity contribution is 14.1. The molecule has 0 heterocycles. The lowest BCUT2D eigenvalue weighted by molar-refractivity contribution is 0.101. The normalized spacial score (nSPS) is 9.50. The Bertz CT molecular complexity index is 302. The SMILES string of the molecule is CC(=O)c1cccc(C(=O)I)c1. The topological polar surface area (TPSA) is 34.1 Å². The van der Waals surface area contributed by atoms with E-state index >= 15 is 0 Å². The average Bonchev–Trinajstić information content (AvgIpc) is 2.04. The molecule has 0 aliphatic carbocycles. The fourth-order valence-electron chi connectivity index (χ4n) is 0.860. The molecule has 3 heteroatoms. The van der Waals surface area contributed by atoms with Crippen LogP contribution in [0.1, 0.15) is 27.6 Å². The molecule has 0 saturated heterocycles. The molecule has 0 amide bonds. The number of rotatable bonds is 2. The van der Waals surface area contributed by atoms with E-state index in [9.17, 15) is 9.59 Å². The van der Waals surface area contributed by atoms with Gasteiger partial charge in [-0.05, 0) is 13.0 Å². The first-order valence-corrected chi connectivity index (χ1v) is 4.50. The minimum atomic E-state index is -0.0456. The van der Waals surface area contributed by atoms with Gasteiger partial charge >= 0.3 is 0 Å². The molecule has 0 aromatic heterocycles. The molecule has 0 spiro atoms. The van der Waals surface area contributed by atoms with Crippen molar-refractivity contribution in [1.82, 2.24) is 0 Å². The van der Waals surface area contributed by atoms with Crippen LogP contribution in [0.4, 0.5) is 0 Å². The van der Waals surface area contributed by atoms with Crippen LogP contribution in [0.25, 0.3) is 0 Å². The van der Waals surface area contributed by atoms with E-state index in [-0.39, 0.29) is 9.57 Å². The van der Waals surface area contributed by atoms with Crippen LogP contribution in [0, 0.1) is 0 Å². The van der Waals surface area contributed by atoms with Crippen molar-refractivity contribution in [3.05, 3.63) is 35.4 Å². The van der Waals surface area contributed by atoms with Crippen LogP contribution in [0.3, 0.4) is 0 Å². The Morgan fingerprint density at radius 3 is 2.33 bits per heavy atom. The van der Waals surface area contributed by atoms with Gasteiger partial charge in [0.1, 0.15) is 0 Å². The molecule has 0 atom stereocenters. The van der Waals surface area contributed by atoms with Crippen molar-refractivity contribution in [2.75, 3.05) is 0 Å². The predicted molar refractivity (Wildman–Crippen MR) is 54.8 cm³/mol. The molecule has 1 aromatic rings. The number of carbonyl (C=O) groups excluding carboxylic acids is 2. The largest absolute Gasteiger partial charge is 0.295 e. The van der Waals surface area contributed by atoms with Crippen LogP contribution >= 0.6 is 22.6 Å². The molecule has 1 rings (SSSR count). The average molecular weight is 274 g/mol. The van der Waals surface area contributed by atoms with Gasteiger partial charge in [0.05, 0.1) is 0 Å². The third-order valence-electron chi connectivity index (χ3n) is 1.50. The number of ketones is 1. The summed E-state index contributed by atoms with van der Waals surface area (Å²) in [4.78, 5) is 21.8. The second-order valence-corrected chi connectivity index (χ2v) is 3.39. The van der Waals surface area contributed by atoms with Gasteiger partial charge in [0, 0.05) is 33.7 Å². The first-order chi connectivity index (χ1) is 5.61. The van der Waals surface area contributed by atoms with Gasteiger partial charge in [0.25, 0.3) is 0 Å². The number of halogens is 1. The fraction of sp³-hybridized carbons (Fsp3) is 0.111. The second-order valence-electron chi connectivity index (χ2n) is 2.41. The summed E-state index contributed by atoms with van der Waals surface area (Å²) in [5.74, 6) is -0.0190. The Hall–Kier alpha value is -0.710. The Labute approximate surface area is 84.1 Å². The summed E-state index contributed by atoms with van der Waals surface area (Å²) in [7, 11) is 0. The number of hydrogen-bond donors (Lipinski definition) is 0. The molecule has 0 N–H and O–H groups in total. The zero-order chi connectivity index (χ0) is 9.14. The molecular weight excluding hydrogens is 267 g/mol. The quantitative estimate of drug-likeness (QED) is 0.471. The fourth-order valence-corrected chi connectivity index (χ4v) is 1.20. The molecule has 0 fully saturated rings. The molecule has 1 aromatic carbocycles. The Kier molecular flexibility index (Phi) is 2.97. The van der Waals surface area contributed by atoms with Crippen LogP contribution in [0.2, 0.25) is 0 Å². The number of carbonyl (C=O) groups is 2. The number of benzene rings is 1. The van der Waals surface area contributed by atoms with Crippen molar-refractivity contribution >= 4 is 32.2 Å². The van der Waals surface area contributed by atoms with E-state index in [0.29, 0.717) is 11.1 Å². The maximum Gasteiger partial charge on any atom is 0.222 e. The molecule has 2 nitrogen and oxygen atoms in total. The van der Waals surface area contributed by atoms with Gasteiger partial charge in [-0.2, -0.15) is 0 Å². The highest BCUT2D eigenvalue weighted by Gasteiger charge is 2.03.